The zero-order chi connectivity index (χ0) is 15.2. The minimum atomic E-state index is -0.0815. The lowest BCUT2D eigenvalue weighted by atomic mass is 10.0. The average molecular weight is 327 g/mol. The van der Waals surface area contributed by atoms with Crippen molar-refractivity contribution in [2.45, 2.75) is 39.3 Å². The Bertz CT molecular complexity index is 583. The highest BCUT2D eigenvalue weighted by Crippen LogP contribution is 2.32. The first-order chi connectivity index (χ1) is 10.2. The van der Waals surface area contributed by atoms with Crippen LogP contribution in [0.4, 0.5) is 0 Å². The summed E-state index contributed by atoms with van der Waals surface area (Å²) < 4.78 is 1.95. The minimum absolute atomic E-state index is 0.0815. The van der Waals surface area contributed by atoms with E-state index in [9.17, 15) is 0 Å². The summed E-state index contributed by atoms with van der Waals surface area (Å²) in [5.74, 6) is 0. The van der Waals surface area contributed by atoms with Gasteiger partial charge in [0.1, 0.15) is 0 Å². The molecule has 0 aliphatic heterocycles. The van der Waals surface area contributed by atoms with Crippen LogP contribution >= 0.6 is 23.2 Å². The summed E-state index contributed by atoms with van der Waals surface area (Å²) in [5, 5.41) is 9.17. The first kappa shape index (κ1) is 16.3. The monoisotopic (exact) mass is 326 g/mol. The van der Waals surface area contributed by atoms with Crippen LogP contribution in [-0.2, 0) is 6.54 Å². The van der Waals surface area contributed by atoms with E-state index in [4.69, 9.17) is 23.2 Å². The molecular weight excluding hydrogens is 307 g/mol. The second-order valence-electron chi connectivity index (χ2n) is 4.89. The van der Waals surface area contributed by atoms with Gasteiger partial charge in [0.05, 0.1) is 28.0 Å². The molecule has 0 radical (unpaired) electrons. The molecule has 0 saturated carbocycles. The number of aryl methyl sites for hydroxylation is 1. The van der Waals surface area contributed by atoms with Crippen LogP contribution in [0.25, 0.3) is 0 Å². The van der Waals surface area contributed by atoms with Gasteiger partial charge in [0.2, 0.25) is 0 Å². The number of aromatic nitrogens is 3. The van der Waals surface area contributed by atoms with Crippen molar-refractivity contribution in [2.75, 3.05) is 6.54 Å². The van der Waals surface area contributed by atoms with Crippen LogP contribution in [0.2, 0.25) is 10.0 Å². The van der Waals surface area contributed by atoms with Crippen molar-refractivity contribution in [3.63, 3.8) is 0 Å². The maximum atomic E-state index is 6.37. The molecule has 4 nitrogen and oxygen atoms in total. The normalized spacial score (nSPS) is 12.6. The van der Waals surface area contributed by atoms with E-state index in [1.54, 1.807) is 18.6 Å². The Labute approximate surface area is 135 Å². The highest BCUT2D eigenvalue weighted by Gasteiger charge is 2.23. The molecule has 6 heteroatoms. The number of nitrogens with zero attached hydrogens (tertiary/aromatic N) is 3. The van der Waals surface area contributed by atoms with Gasteiger partial charge in [-0.05, 0) is 31.0 Å². The molecule has 0 spiro atoms. The summed E-state index contributed by atoms with van der Waals surface area (Å²) >= 11 is 12.7. The summed E-state index contributed by atoms with van der Waals surface area (Å²) in [5.41, 5.74) is 1.93. The standard InChI is InChI=1S/C15H20Cl2N4/c1-3-6-19-14(11-5-7-18-9-12(11)16)15-13(17)10-20-21(15)8-4-2/h5,7,9-10,14,19H,3-4,6,8H2,1-2H3. The Morgan fingerprint density at radius 3 is 2.67 bits per heavy atom. The number of halogens is 2. The van der Waals surface area contributed by atoms with Crippen molar-refractivity contribution in [1.82, 2.24) is 20.1 Å². The topological polar surface area (TPSA) is 42.7 Å². The summed E-state index contributed by atoms with van der Waals surface area (Å²) in [6.45, 7) is 5.95. The van der Waals surface area contributed by atoms with Gasteiger partial charge in [-0.25, -0.2) is 0 Å². The molecule has 21 heavy (non-hydrogen) atoms. The lowest BCUT2D eigenvalue weighted by molar-refractivity contribution is 0.511. The summed E-state index contributed by atoms with van der Waals surface area (Å²) in [7, 11) is 0. The van der Waals surface area contributed by atoms with Gasteiger partial charge in [-0.1, -0.05) is 37.0 Å². The largest absolute Gasteiger partial charge is 0.305 e. The third kappa shape index (κ3) is 3.76. The van der Waals surface area contributed by atoms with E-state index in [-0.39, 0.29) is 6.04 Å². The molecule has 0 aromatic carbocycles. The minimum Gasteiger partial charge on any atom is -0.305 e. The molecule has 114 valence electrons. The Hall–Kier alpha value is -1.10. The summed E-state index contributed by atoms with van der Waals surface area (Å²) in [6, 6.07) is 1.84. The number of hydrogen-bond acceptors (Lipinski definition) is 3. The molecule has 2 aromatic rings. The molecule has 2 heterocycles. The molecule has 0 saturated heterocycles. The van der Waals surface area contributed by atoms with Gasteiger partial charge >= 0.3 is 0 Å². The highest BCUT2D eigenvalue weighted by molar-refractivity contribution is 6.32. The van der Waals surface area contributed by atoms with E-state index < -0.39 is 0 Å². The SMILES string of the molecule is CCCNC(c1ccncc1Cl)c1c(Cl)cnn1CCC. The van der Waals surface area contributed by atoms with E-state index in [1.165, 1.54) is 0 Å². The Kier molecular flexibility index (Phi) is 6.03. The zero-order valence-corrected chi connectivity index (χ0v) is 13.8. The molecule has 0 aliphatic rings. The van der Waals surface area contributed by atoms with Crippen molar-refractivity contribution < 1.29 is 0 Å². The van der Waals surface area contributed by atoms with Gasteiger partial charge in [0.25, 0.3) is 0 Å². The maximum Gasteiger partial charge on any atom is 0.0837 e. The van der Waals surface area contributed by atoms with Crippen molar-refractivity contribution in [3.05, 3.63) is 46.0 Å². The van der Waals surface area contributed by atoms with E-state index in [0.29, 0.717) is 10.0 Å². The van der Waals surface area contributed by atoms with Crippen molar-refractivity contribution in [2.24, 2.45) is 0 Å². The third-order valence-corrected chi connectivity index (χ3v) is 3.86. The molecule has 0 bridgehead atoms. The molecule has 1 N–H and O–H groups in total. The molecule has 2 rings (SSSR count). The van der Waals surface area contributed by atoms with Crippen LogP contribution in [0, 0.1) is 0 Å². The molecular formula is C15H20Cl2N4. The van der Waals surface area contributed by atoms with Gasteiger partial charge < -0.3 is 5.32 Å². The van der Waals surface area contributed by atoms with Crippen molar-refractivity contribution in [3.8, 4) is 0 Å². The second kappa shape index (κ2) is 7.78. The third-order valence-electron chi connectivity index (χ3n) is 3.26. The van der Waals surface area contributed by atoms with Gasteiger partial charge in [-0.15, -0.1) is 0 Å². The van der Waals surface area contributed by atoms with Crippen LogP contribution in [-0.4, -0.2) is 21.3 Å². The average Bonchev–Trinajstić information content (AvgIpc) is 2.83. The first-order valence-electron chi connectivity index (χ1n) is 7.23. The molecule has 2 aromatic heterocycles. The number of rotatable bonds is 7. The molecule has 0 amide bonds. The fourth-order valence-electron chi connectivity index (χ4n) is 2.31. The number of nitrogens with one attached hydrogen (secondary N) is 1. The van der Waals surface area contributed by atoms with E-state index in [2.05, 4.69) is 29.2 Å². The number of hydrogen-bond donors (Lipinski definition) is 1. The molecule has 0 aliphatic carbocycles. The van der Waals surface area contributed by atoms with Crippen LogP contribution in [0.15, 0.2) is 24.7 Å². The van der Waals surface area contributed by atoms with Crippen LogP contribution in [0.1, 0.15) is 44.0 Å². The maximum absolute atomic E-state index is 6.37. The van der Waals surface area contributed by atoms with Crippen molar-refractivity contribution >= 4 is 23.2 Å². The molecule has 0 fully saturated rings. The zero-order valence-electron chi connectivity index (χ0n) is 12.3. The predicted octanol–water partition coefficient (Wildman–Crippen LogP) is 4.08. The quantitative estimate of drug-likeness (QED) is 0.833. The first-order valence-corrected chi connectivity index (χ1v) is 7.98. The lowest BCUT2D eigenvalue weighted by Crippen LogP contribution is -2.26. The number of pyridine rings is 1. The van der Waals surface area contributed by atoms with Crippen LogP contribution in [0.5, 0.6) is 0 Å². The van der Waals surface area contributed by atoms with Crippen LogP contribution < -0.4 is 5.32 Å². The summed E-state index contributed by atoms with van der Waals surface area (Å²) in [6.07, 6.45) is 7.12. The van der Waals surface area contributed by atoms with Gasteiger partial charge in [-0.2, -0.15) is 5.10 Å². The van der Waals surface area contributed by atoms with Gasteiger partial charge in [0.15, 0.2) is 0 Å². The summed E-state index contributed by atoms with van der Waals surface area (Å²) in [4.78, 5) is 4.05. The molecule has 1 unspecified atom stereocenters. The Morgan fingerprint density at radius 2 is 2.00 bits per heavy atom. The van der Waals surface area contributed by atoms with Gasteiger partial charge in [0, 0.05) is 18.9 Å². The van der Waals surface area contributed by atoms with Gasteiger partial charge in [-0.3, -0.25) is 9.67 Å². The lowest BCUT2D eigenvalue weighted by Gasteiger charge is -2.22. The van der Waals surface area contributed by atoms with E-state index in [0.717, 1.165) is 37.2 Å². The fraction of sp³-hybridized carbons (Fsp3) is 0.467. The smallest absolute Gasteiger partial charge is 0.0837 e. The predicted molar refractivity (Wildman–Crippen MR) is 86.9 cm³/mol. The Balaban J connectivity index is 2.45. The fourth-order valence-corrected chi connectivity index (χ4v) is 2.79. The van der Waals surface area contributed by atoms with Crippen molar-refractivity contribution in [1.29, 1.82) is 0 Å². The molecule has 1 atom stereocenters. The van der Waals surface area contributed by atoms with E-state index >= 15 is 0 Å². The second-order valence-corrected chi connectivity index (χ2v) is 5.70. The Morgan fingerprint density at radius 1 is 1.19 bits per heavy atom. The van der Waals surface area contributed by atoms with Crippen LogP contribution in [0.3, 0.4) is 0 Å². The highest BCUT2D eigenvalue weighted by atomic mass is 35.5. The van der Waals surface area contributed by atoms with E-state index in [1.807, 2.05) is 10.7 Å².